The Morgan fingerprint density at radius 2 is 1.92 bits per heavy atom. The summed E-state index contributed by atoms with van der Waals surface area (Å²) >= 11 is 0. The molecule has 1 saturated heterocycles. The summed E-state index contributed by atoms with van der Waals surface area (Å²) < 4.78 is 18.2. The average molecular weight is 351 g/mol. The molecule has 1 aromatic rings. The van der Waals surface area contributed by atoms with Crippen molar-refractivity contribution in [3.63, 3.8) is 0 Å². The monoisotopic (exact) mass is 351 g/mol. The van der Waals surface area contributed by atoms with Gasteiger partial charge in [-0.2, -0.15) is 0 Å². The van der Waals surface area contributed by atoms with Crippen LogP contribution >= 0.6 is 0 Å². The van der Waals surface area contributed by atoms with Crippen LogP contribution in [0.15, 0.2) is 18.2 Å². The van der Waals surface area contributed by atoms with E-state index in [0.717, 1.165) is 26.2 Å². The lowest BCUT2D eigenvalue weighted by Crippen LogP contribution is -2.48. The summed E-state index contributed by atoms with van der Waals surface area (Å²) in [6.45, 7) is 6.49. The third-order valence-electron chi connectivity index (χ3n) is 4.55. The van der Waals surface area contributed by atoms with Crippen molar-refractivity contribution in [3.05, 3.63) is 35.1 Å². The summed E-state index contributed by atoms with van der Waals surface area (Å²) in [5.74, 6) is -1.30. The van der Waals surface area contributed by atoms with Gasteiger partial charge in [0.25, 0.3) is 5.91 Å². The number of esters is 1. The molecule has 0 saturated carbocycles. The van der Waals surface area contributed by atoms with Gasteiger partial charge in [0.05, 0.1) is 7.11 Å². The quantitative estimate of drug-likeness (QED) is 0.716. The van der Waals surface area contributed by atoms with Gasteiger partial charge >= 0.3 is 5.97 Å². The van der Waals surface area contributed by atoms with E-state index in [-0.39, 0.29) is 18.0 Å². The van der Waals surface area contributed by atoms with Gasteiger partial charge in [-0.25, -0.2) is 4.39 Å². The van der Waals surface area contributed by atoms with Crippen molar-refractivity contribution in [1.82, 2.24) is 14.7 Å². The van der Waals surface area contributed by atoms with E-state index in [2.05, 4.69) is 16.8 Å². The molecule has 1 fully saturated rings. The Morgan fingerprint density at radius 1 is 1.24 bits per heavy atom. The number of halogens is 1. The maximum Gasteiger partial charge on any atom is 0.325 e. The lowest BCUT2D eigenvalue weighted by atomic mass is 10.1. The highest BCUT2D eigenvalue weighted by atomic mass is 19.1. The highest BCUT2D eigenvalue weighted by molar-refractivity contribution is 5.97. The lowest BCUT2D eigenvalue weighted by Gasteiger charge is -2.33. The Morgan fingerprint density at radius 3 is 2.56 bits per heavy atom. The number of hydrogen-bond donors (Lipinski definition) is 0. The maximum absolute atomic E-state index is 13.5. The standard InChI is InChI=1S/C18H26FN3O3/c1-14-4-5-15(19)12-16(14)18(24)22(13-17(23)25-3)11-10-21-8-6-20(2)7-9-21/h4-5,12H,6-11,13H2,1-3H3. The fourth-order valence-electron chi connectivity index (χ4n) is 2.80. The van der Waals surface area contributed by atoms with Crippen LogP contribution in [0.5, 0.6) is 0 Å². The van der Waals surface area contributed by atoms with E-state index in [4.69, 9.17) is 4.74 Å². The number of rotatable bonds is 6. The number of carbonyl (C=O) groups is 2. The minimum atomic E-state index is -0.485. The smallest absolute Gasteiger partial charge is 0.325 e. The van der Waals surface area contributed by atoms with E-state index in [1.807, 2.05) is 0 Å². The van der Waals surface area contributed by atoms with E-state index < -0.39 is 11.8 Å². The van der Waals surface area contributed by atoms with Crippen LogP contribution < -0.4 is 0 Å². The van der Waals surface area contributed by atoms with Crippen LogP contribution in [0.2, 0.25) is 0 Å². The number of piperazine rings is 1. The fourth-order valence-corrected chi connectivity index (χ4v) is 2.80. The highest BCUT2D eigenvalue weighted by Gasteiger charge is 2.23. The first-order valence-electron chi connectivity index (χ1n) is 8.44. The maximum atomic E-state index is 13.5. The van der Waals surface area contributed by atoms with Crippen LogP contribution in [0.4, 0.5) is 4.39 Å². The molecule has 0 radical (unpaired) electrons. The van der Waals surface area contributed by atoms with Crippen molar-refractivity contribution >= 4 is 11.9 Å². The van der Waals surface area contributed by atoms with Crippen LogP contribution in [0.1, 0.15) is 15.9 Å². The molecular weight excluding hydrogens is 325 g/mol. The Labute approximate surface area is 148 Å². The van der Waals surface area contributed by atoms with Gasteiger partial charge in [0.2, 0.25) is 0 Å². The normalized spacial score (nSPS) is 15.8. The first kappa shape index (κ1) is 19.3. The van der Waals surface area contributed by atoms with Crippen molar-refractivity contribution in [2.45, 2.75) is 6.92 Å². The summed E-state index contributed by atoms with van der Waals surface area (Å²) in [6.07, 6.45) is 0. The SMILES string of the molecule is COC(=O)CN(CCN1CCN(C)CC1)C(=O)c1cc(F)ccc1C. The largest absolute Gasteiger partial charge is 0.468 e. The van der Waals surface area contributed by atoms with Crippen LogP contribution in [0.25, 0.3) is 0 Å². The fraction of sp³-hybridized carbons (Fsp3) is 0.556. The second-order valence-electron chi connectivity index (χ2n) is 6.41. The molecular formula is C18H26FN3O3. The second kappa shape index (κ2) is 8.92. The molecule has 1 aliphatic heterocycles. The summed E-state index contributed by atoms with van der Waals surface area (Å²) in [5.41, 5.74) is 0.961. The topological polar surface area (TPSA) is 53.1 Å². The zero-order valence-electron chi connectivity index (χ0n) is 15.1. The molecule has 25 heavy (non-hydrogen) atoms. The van der Waals surface area contributed by atoms with Gasteiger partial charge in [0, 0.05) is 44.8 Å². The molecule has 6 nitrogen and oxygen atoms in total. The summed E-state index contributed by atoms with van der Waals surface area (Å²) in [6, 6.07) is 4.11. The molecule has 0 bridgehead atoms. The number of ether oxygens (including phenoxy) is 1. The van der Waals surface area contributed by atoms with Crippen LogP contribution in [0, 0.1) is 12.7 Å². The molecule has 138 valence electrons. The molecule has 0 aliphatic carbocycles. The Balaban J connectivity index is 2.07. The molecule has 1 aromatic carbocycles. The van der Waals surface area contributed by atoms with E-state index in [1.54, 1.807) is 13.0 Å². The third-order valence-corrected chi connectivity index (χ3v) is 4.55. The molecule has 7 heteroatoms. The summed E-state index contributed by atoms with van der Waals surface area (Å²) in [4.78, 5) is 30.5. The minimum absolute atomic E-state index is 0.140. The summed E-state index contributed by atoms with van der Waals surface area (Å²) in [7, 11) is 3.37. The van der Waals surface area contributed by atoms with Gasteiger partial charge in [-0.1, -0.05) is 6.07 Å². The predicted molar refractivity (Wildman–Crippen MR) is 93.0 cm³/mol. The highest BCUT2D eigenvalue weighted by Crippen LogP contribution is 2.13. The van der Waals surface area contributed by atoms with Crippen LogP contribution in [0.3, 0.4) is 0 Å². The Bertz CT molecular complexity index is 616. The van der Waals surface area contributed by atoms with Gasteiger partial charge < -0.3 is 14.5 Å². The first-order valence-corrected chi connectivity index (χ1v) is 8.44. The van der Waals surface area contributed by atoms with Gasteiger partial charge in [0.1, 0.15) is 12.4 Å². The van der Waals surface area contributed by atoms with E-state index in [9.17, 15) is 14.0 Å². The first-order chi connectivity index (χ1) is 11.9. The zero-order valence-corrected chi connectivity index (χ0v) is 15.1. The van der Waals surface area contributed by atoms with Crippen LogP contribution in [-0.4, -0.2) is 86.5 Å². The number of aryl methyl sites for hydroxylation is 1. The van der Waals surface area contributed by atoms with E-state index in [1.165, 1.54) is 24.1 Å². The number of nitrogens with zero attached hydrogens (tertiary/aromatic N) is 3. The number of likely N-dealkylation sites (N-methyl/N-ethyl adjacent to an activating group) is 1. The average Bonchev–Trinajstić information content (AvgIpc) is 2.61. The molecule has 0 spiro atoms. The van der Waals surface area contributed by atoms with Gasteiger partial charge in [-0.15, -0.1) is 0 Å². The van der Waals surface area contributed by atoms with Crippen molar-refractivity contribution in [2.75, 3.05) is 60.0 Å². The lowest BCUT2D eigenvalue weighted by molar-refractivity contribution is -0.141. The van der Waals surface area contributed by atoms with Gasteiger partial charge in [-0.3, -0.25) is 14.5 Å². The second-order valence-corrected chi connectivity index (χ2v) is 6.41. The number of hydrogen-bond acceptors (Lipinski definition) is 5. The number of amides is 1. The van der Waals surface area contributed by atoms with E-state index in [0.29, 0.717) is 18.7 Å². The third kappa shape index (κ3) is 5.51. The Kier molecular flexibility index (Phi) is 6.90. The van der Waals surface area contributed by atoms with Crippen molar-refractivity contribution in [2.24, 2.45) is 0 Å². The molecule has 0 aromatic heterocycles. The molecule has 1 heterocycles. The van der Waals surface area contributed by atoms with Crippen LogP contribution in [-0.2, 0) is 9.53 Å². The molecule has 0 atom stereocenters. The zero-order chi connectivity index (χ0) is 18.4. The molecule has 2 rings (SSSR count). The van der Waals surface area contributed by atoms with Crippen molar-refractivity contribution in [1.29, 1.82) is 0 Å². The molecule has 1 amide bonds. The summed E-state index contributed by atoms with van der Waals surface area (Å²) in [5, 5.41) is 0. The van der Waals surface area contributed by atoms with Crippen molar-refractivity contribution < 1.29 is 18.7 Å². The van der Waals surface area contributed by atoms with Crippen molar-refractivity contribution in [3.8, 4) is 0 Å². The molecule has 0 N–H and O–H groups in total. The van der Waals surface area contributed by atoms with Gasteiger partial charge in [-0.05, 0) is 31.7 Å². The minimum Gasteiger partial charge on any atom is -0.468 e. The predicted octanol–water partition coefficient (Wildman–Crippen LogP) is 0.997. The number of methoxy groups -OCH3 is 1. The van der Waals surface area contributed by atoms with E-state index >= 15 is 0 Å². The molecule has 0 unspecified atom stereocenters. The Hall–Kier alpha value is -1.99. The number of carbonyl (C=O) groups excluding carboxylic acids is 2. The molecule has 1 aliphatic rings. The van der Waals surface area contributed by atoms with Gasteiger partial charge in [0.15, 0.2) is 0 Å². The number of benzene rings is 1.